The summed E-state index contributed by atoms with van der Waals surface area (Å²) in [6.07, 6.45) is 3.24. The highest BCUT2D eigenvalue weighted by Crippen LogP contribution is 2.36. The van der Waals surface area contributed by atoms with Crippen molar-refractivity contribution in [3.63, 3.8) is 0 Å². The van der Waals surface area contributed by atoms with Gasteiger partial charge >= 0.3 is 0 Å². The van der Waals surface area contributed by atoms with Gasteiger partial charge in [-0.05, 0) is 56.8 Å². The Labute approximate surface area is 137 Å². The van der Waals surface area contributed by atoms with Crippen molar-refractivity contribution < 1.29 is 12.8 Å². The molecule has 0 spiro atoms. The van der Waals surface area contributed by atoms with E-state index in [-0.39, 0.29) is 6.04 Å². The van der Waals surface area contributed by atoms with Gasteiger partial charge in [0.05, 0.1) is 17.2 Å². The van der Waals surface area contributed by atoms with Gasteiger partial charge in [-0.2, -0.15) is 4.31 Å². The molecule has 1 fully saturated rings. The zero-order valence-electron chi connectivity index (χ0n) is 13.5. The van der Waals surface area contributed by atoms with E-state index in [4.69, 9.17) is 4.42 Å². The predicted molar refractivity (Wildman–Crippen MR) is 88.4 cm³/mol. The number of benzene rings is 1. The highest BCUT2D eigenvalue weighted by atomic mass is 32.2. The van der Waals surface area contributed by atoms with Crippen LogP contribution in [0, 0.1) is 0 Å². The van der Waals surface area contributed by atoms with Crippen molar-refractivity contribution in [2.24, 2.45) is 0 Å². The van der Waals surface area contributed by atoms with Gasteiger partial charge in [0.1, 0.15) is 5.76 Å². The van der Waals surface area contributed by atoms with Crippen molar-refractivity contribution >= 4 is 10.0 Å². The van der Waals surface area contributed by atoms with Crippen LogP contribution in [0.5, 0.6) is 0 Å². The van der Waals surface area contributed by atoms with Gasteiger partial charge in [-0.25, -0.2) is 8.42 Å². The van der Waals surface area contributed by atoms with E-state index in [1.165, 1.54) is 0 Å². The first-order chi connectivity index (χ1) is 11.0. The summed E-state index contributed by atoms with van der Waals surface area (Å²) in [7, 11) is 0.478. The van der Waals surface area contributed by atoms with Crippen LogP contribution >= 0.6 is 0 Å². The van der Waals surface area contributed by atoms with Crippen LogP contribution in [0.15, 0.2) is 52.0 Å². The van der Waals surface area contributed by atoms with Gasteiger partial charge in [0.2, 0.25) is 10.0 Å². The van der Waals surface area contributed by atoms with E-state index >= 15 is 0 Å². The number of rotatable bonds is 5. The molecule has 5 nitrogen and oxygen atoms in total. The van der Waals surface area contributed by atoms with Gasteiger partial charge in [0.15, 0.2) is 0 Å². The molecular weight excluding hydrogens is 312 g/mol. The molecule has 0 N–H and O–H groups in total. The molecule has 1 saturated heterocycles. The topological polar surface area (TPSA) is 53.8 Å². The molecule has 2 heterocycles. The molecule has 0 radical (unpaired) electrons. The molecule has 0 unspecified atom stereocenters. The second-order valence-electron chi connectivity index (χ2n) is 6.17. The normalized spacial score (nSPS) is 19.5. The molecule has 0 bridgehead atoms. The van der Waals surface area contributed by atoms with Crippen LogP contribution in [-0.4, -0.2) is 38.3 Å². The van der Waals surface area contributed by atoms with Gasteiger partial charge in [-0.1, -0.05) is 12.1 Å². The molecule has 2 aromatic rings. The number of sulfonamides is 1. The molecule has 0 amide bonds. The first-order valence-corrected chi connectivity index (χ1v) is 9.21. The smallest absolute Gasteiger partial charge is 0.243 e. The summed E-state index contributed by atoms with van der Waals surface area (Å²) < 4.78 is 32.9. The molecule has 1 aliphatic heterocycles. The lowest BCUT2D eigenvalue weighted by molar-refractivity contribution is 0.339. The summed E-state index contributed by atoms with van der Waals surface area (Å²) in [6.45, 7) is 1.33. The summed E-state index contributed by atoms with van der Waals surface area (Å²) >= 11 is 0. The molecule has 1 aromatic heterocycles. The monoisotopic (exact) mass is 334 g/mol. The van der Waals surface area contributed by atoms with Crippen LogP contribution in [0.1, 0.15) is 30.2 Å². The summed E-state index contributed by atoms with van der Waals surface area (Å²) in [6, 6.07) is 10.6. The van der Waals surface area contributed by atoms with E-state index in [1.54, 1.807) is 28.8 Å². The molecule has 23 heavy (non-hydrogen) atoms. The Hall–Kier alpha value is -1.63. The van der Waals surface area contributed by atoms with Crippen molar-refractivity contribution in [1.29, 1.82) is 0 Å². The lowest BCUT2D eigenvalue weighted by Crippen LogP contribution is -2.30. The van der Waals surface area contributed by atoms with Crippen LogP contribution in [-0.2, 0) is 16.6 Å². The number of hydrogen-bond donors (Lipinski definition) is 0. The number of hydrogen-bond acceptors (Lipinski definition) is 4. The van der Waals surface area contributed by atoms with Crippen LogP contribution in [0.2, 0.25) is 0 Å². The zero-order valence-corrected chi connectivity index (χ0v) is 14.3. The minimum absolute atomic E-state index is 0.198. The Kier molecular flexibility index (Phi) is 4.57. The Morgan fingerprint density at radius 2 is 1.96 bits per heavy atom. The van der Waals surface area contributed by atoms with E-state index in [9.17, 15) is 8.42 Å². The first kappa shape index (κ1) is 16.2. The summed E-state index contributed by atoms with van der Waals surface area (Å²) in [5.41, 5.74) is 1.10. The third-order valence-electron chi connectivity index (χ3n) is 4.10. The van der Waals surface area contributed by atoms with Crippen LogP contribution in [0.3, 0.4) is 0 Å². The fourth-order valence-corrected chi connectivity index (χ4v) is 4.73. The summed E-state index contributed by atoms with van der Waals surface area (Å²) in [4.78, 5) is 2.40. The fraction of sp³-hybridized carbons (Fsp3) is 0.412. The lowest BCUT2D eigenvalue weighted by atomic mass is 10.2. The third-order valence-corrected chi connectivity index (χ3v) is 6.03. The second kappa shape index (κ2) is 6.47. The van der Waals surface area contributed by atoms with E-state index in [1.807, 2.05) is 32.3 Å². The molecular formula is C17H22N2O3S. The predicted octanol–water partition coefficient (Wildman–Crippen LogP) is 2.87. The fourth-order valence-electron chi connectivity index (χ4n) is 3.06. The molecule has 124 valence electrons. The number of nitrogens with zero attached hydrogens (tertiary/aromatic N) is 2. The molecule has 1 atom stereocenters. The van der Waals surface area contributed by atoms with Crippen molar-refractivity contribution in [3.05, 3.63) is 54.0 Å². The lowest BCUT2D eigenvalue weighted by Gasteiger charge is -2.22. The van der Waals surface area contributed by atoms with Gasteiger partial charge in [0, 0.05) is 13.1 Å². The second-order valence-corrected chi connectivity index (χ2v) is 8.06. The van der Waals surface area contributed by atoms with Crippen molar-refractivity contribution in [2.45, 2.75) is 30.3 Å². The largest absolute Gasteiger partial charge is 0.468 e. The Morgan fingerprint density at radius 3 is 2.57 bits per heavy atom. The minimum Gasteiger partial charge on any atom is -0.468 e. The molecule has 3 rings (SSSR count). The molecule has 0 aliphatic carbocycles. The maximum absolute atomic E-state index is 12.9. The average molecular weight is 334 g/mol. The van der Waals surface area contributed by atoms with Crippen molar-refractivity contribution in [1.82, 2.24) is 9.21 Å². The van der Waals surface area contributed by atoms with Gasteiger partial charge < -0.3 is 9.32 Å². The van der Waals surface area contributed by atoms with Crippen molar-refractivity contribution in [3.8, 4) is 0 Å². The zero-order chi connectivity index (χ0) is 16.4. The highest BCUT2D eigenvalue weighted by Gasteiger charge is 2.37. The molecule has 6 heteroatoms. The maximum Gasteiger partial charge on any atom is 0.243 e. The maximum atomic E-state index is 12.9. The standard InChI is InChI=1S/C17H22N2O3S/c1-18(2)13-14-7-9-15(10-8-14)23(20,21)19-11-3-5-16(19)17-6-4-12-22-17/h4,6-10,12,16H,3,5,11,13H2,1-2H3/t16-/m0/s1. The van der Waals surface area contributed by atoms with Crippen LogP contribution in [0.25, 0.3) is 0 Å². The minimum atomic E-state index is -3.50. The number of furan rings is 1. The van der Waals surface area contributed by atoms with Gasteiger partial charge in [-0.15, -0.1) is 0 Å². The highest BCUT2D eigenvalue weighted by molar-refractivity contribution is 7.89. The summed E-state index contributed by atoms with van der Waals surface area (Å²) in [5.74, 6) is 0.718. The Morgan fingerprint density at radius 1 is 1.22 bits per heavy atom. The molecule has 1 aliphatic rings. The Bertz CT molecular complexity index is 737. The van der Waals surface area contributed by atoms with E-state index < -0.39 is 10.0 Å². The quantitative estimate of drug-likeness (QED) is 0.844. The van der Waals surface area contributed by atoms with Crippen molar-refractivity contribution in [2.75, 3.05) is 20.6 Å². The average Bonchev–Trinajstić information content (AvgIpc) is 3.18. The van der Waals surface area contributed by atoms with Crippen LogP contribution in [0.4, 0.5) is 0 Å². The molecule has 1 aromatic carbocycles. The van der Waals surface area contributed by atoms with Crippen LogP contribution < -0.4 is 0 Å². The van der Waals surface area contributed by atoms with Gasteiger partial charge in [-0.3, -0.25) is 0 Å². The van der Waals surface area contributed by atoms with E-state index in [0.29, 0.717) is 11.4 Å². The Balaban J connectivity index is 1.86. The van der Waals surface area contributed by atoms with E-state index in [2.05, 4.69) is 4.90 Å². The molecule has 0 saturated carbocycles. The van der Waals surface area contributed by atoms with Gasteiger partial charge in [0.25, 0.3) is 0 Å². The first-order valence-electron chi connectivity index (χ1n) is 7.77. The summed E-state index contributed by atoms with van der Waals surface area (Å²) in [5, 5.41) is 0. The third kappa shape index (κ3) is 3.34. The van der Waals surface area contributed by atoms with E-state index in [0.717, 1.165) is 30.7 Å². The SMILES string of the molecule is CN(C)Cc1ccc(S(=O)(=O)N2CCC[C@H]2c2ccco2)cc1.